The smallest absolute Gasteiger partial charge is 0.268 e. The molecule has 1 heterocycles. The van der Waals surface area contributed by atoms with E-state index < -0.39 is 6.04 Å². The third kappa shape index (κ3) is 6.78. The first kappa shape index (κ1) is 26.0. The Morgan fingerprint density at radius 2 is 1.92 bits per heavy atom. The summed E-state index contributed by atoms with van der Waals surface area (Å²) in [5.74, 6) is 1.14. The van der Waals surface area contributed by atoms with Gasteiger partial charge in [-0.2, -0.15) is 0 Å². The lowest BCUT2D eigenvalue weighted by atomic mass is 10.00. The molecule has 194 valence electrons. The number of fused-ring (bicyclic) bond motifs is 1. The molecule has 2 aromatic rings. The number of hydrogen-bond acceptors (Lipinski definition) is 4. The monoisotopic (exact) mass is 492 g/mol. The summed E-state index contributed by atoms with van der Waals surface area (Å²) in [7, 11) is 4.03. The molecule has 1 fully saturated rings. The molecule has 7 nitrogen and oxygen atoms in total. The van der Waals surface area contributed by atoms with Crippen molar-refractivity contribution in [3.05, 3.63) is 58.4 Å². The Morgan fingerprint density at radius 1 is 1.17 bits per heavy atom. The highest BCUT2D eigenvalue weighted by Crippen LogP contribution is 2.34. The lowest BCUT2D eigenvalue weighted by molar-refractivity contribution is -0.123. The van der Waals surface area contributed by atoms with E-state index >= 15 is 0 Å². The summed E-state index contributed by atoms with van der Waals surface area (Å²) in [4.78, 5) is 31.9. The molecule has 0 saturated heterocycles. The van der Waals surface area contributed by atoms with Crippen molar-refractivity contribution in [3.63, 3.8) is 0 Å². The number of benzene rings is 1. The summed E-state index contributed by atoms with van der Waals surface area (Å²) in [5, 5.41) is 6.15. The molecule has 3 N–H and O–H groups in total. The van der Waals surface area contributed by atoms with E-state index in [9.17, 15) is 9.59 Å². The van der Waals surface area contributed by atoms with E-state index in [4.69, 9.17) is 4.74 Å². The maximum absolute atomic E-state index is 13.3. The van der Waals surface area contributed by atoms with Crippen LogP contribution in [0, 0.1) is 12.8 Å². The van der Waals surface area contributed by atoms with Gasteiger partial charge in [0.05, 0.1) is 6.04 Å². The van der Waals surface area contributed by atoms with Crippen LogP contribution in [0.25, 0.3) is 6.08 Å². The van der Waals surface area contributed by atoms with Crippen molar-refractivity contribution in [2.75, 3.05) is 27.2 Å². The van der Waals surface area contributed by atoms with Crippen molar-refractivity contribution in [2.24, 2.45) is 5.92 Å². The number of carbonyl (C=O) groups is 2. The first-order valence-corrected chi connectivity index (χ1v) is 13.2. The van der Waals surface area contributed by atoms with E-state index in [-0.39, 0.29) is 17.9 Å². The number of H-pyrrole nitrogens is 1. The molecule has 2 amide bonds. The molecule has 7 heteroatoms. The third-order valence-corrected chi connectivity index (χ3v) is 7.21. The van der Waals surface area contributed by atoms with Crippen molar-refractivity contribution in [1.82, 2.24) is 20.5 Å². The zero-order valence-electron chi connectivity index (χ0n) is 22.0. The summed E-state index contributed by atoms with van der Waals surface area (Å²) in [6, 6.07) is 7.08. The van der Waals surface area contributed by atoms with E-state index in [1.807, 2.05) is 58.3 Å². The summed E-state index contributed by atoms with van der Waals surface area (Å²) >= 11 is 0. The Morgan fingerprint density at radius 3 is 2.58 bits per heavy atom. The Kier molecular flexibility index (Phi) is 8.52. The lowest BCUT2D eigenvalue weighted by Crippen LogP contribution is -2.47. The SMILES string of the molecule is Cc1c(C(=O)N[C@@H](CCC2CC2)C(=O)N[C@H](C)c2ccc(OCCN(C)C)cc2)[nH]c2c1CCC=C2. The van der Waals surface area contributed by atoms with Gasteiger partial charge in [0.1, 0.15) is 24.1 Å². The number of amides is 2. The second-order valence-electron chi connectivity index (χ2n) is 10.5. The van der Waals surface area contributed by atoms with E-state index in [0.717, 1.165) is 48.4 Å². The van der Waals surface area contributed by atoms with Gasteiger partial charge in [0.2, 0.25) is 5.91 Å². The molecule has 0 aliphatic heterocycles. The molecular formula is C29H40N4O3. The molecule has 2 aliphatic rings. The minimum Gasteiger partial charge on any atom is -0.492 e. The molecule has 0 spiro atoms. The van der Waals surface area contributed by atoms with Crippen LogP contribution in [0.1, 0.15) is 77.9 Å². The summed E-state index contributed by atoms with van der Waals surface area (Å²) in [5.41, 5.74) is 4.74. The Balaban J connectivity index is 1.38. The van der Waals surface area contributed by atoms with Gasteiger partial charge in [0, 0.05) is 12.2 Å². The largest absolute Gasteiger partial charge is 0.492 e. The van der Waals surface area contributed by atoms with Gasteiger partial charge in [0.15, 0.2) is 0 Å². The number of aromatic nitrogens is 1. The number of ether oxygens (including phenoxy) is 1. The average Bonchev–Trinajstić information content (AvgIpc) is 3.63. The van der Waals surface area contributed by atoms with Crippen LogP contribution in [-0.4, -0.2) is 55.0 Å². The van der Waals surface area contributed by atoms with Crippen LogP contribution in [0.3, 0.4) is 0 Å². The van der Waals surface area contributed by atoms with Gasteiger partial charge >= 0.3 is 0 Å². The first-order valence-electron chi connectivity index (χ1n) is 13.2. The zero-order chi connectivity index (χ0) is 25.7. The third-order valence-electron chi connectivity index (χ3n) is 7.21. The van der Waals surface area contributed by atoms with Gasteiger partial charge in [-0.1, -0.05) is 31.1 Å². The van der Waals surface area contributed by atoms with Gasteiger partial charge in [-0.25, -0.2) is 0 Å². The second-order valence-corrected chi connectivity index (χ2v) is 10.5. The molecule has 1 aromatic heterocycles. The summed E-state index contributed by atoms with van der Waals surface area (Å²) < 4.78 is 5.77. The van der Waals surface area contributed by atoms with E-state index in [2.05, 4.69) is 26.6 Å². The van der Waals surface area contributed by atoms with Crippen molar-refractivity contribution >= 4 is 17.9 Å². The predicted octanol–water partition coefficient (Wildman–Crippen LogP) is 4.39. The fraction of sp³-hybridized carbons (Fsp3) is 0.517. The summed E-state index contributed by atoms with van der Waals surface area (Å²) in [6.07, 6.45) is 10.1. The number of nitrogens with one attached hydrogen (secondary N) is 3. The second kappa shape index (κ2) is 11.8. The molecule has 2 atom stereocenters. The maximum atomic E-state index is 13.3. The van der Waals surface area contributed by atoms with Crippen LogP contribution < -0.4 is 15.4 Å². The van der Waals surface area contributed by atoms with E-state index in [1.54, 1.807) is 0 Å². The summed E-state index contributed by atoms with van der Waals surface area (Å²) in [6.45, 7) is 5.43. The molecule has 0 unspecified atom stereocenters. The molecule has 1 saturated carbocycles. The number of likely N-dealkylation sites (N-methyl/N-ethyl adjacent to an activating group) is 1. The fourth-order valence-electron chi connectivity index (χ4n) is 4.68. The van der Waals surface area contributed by atoms with Crippen molar-refractivity contribution in [2.45, 2.75) is 64.5 Å². The van der Waals surface area contributed by atoms with Gasteiger partial charge in [-0.15, -0.1) is 0 Å². The number of hydrogen-bond donors (Lipinski definition) is 3. The van der Waals surface area contributed by atoms with Crippen molar-refractivity contribution in [3.8, 4) is 5.75 Å². The number of nitrogens with zero attached hydrogens (tertiary/aromatic N) is 1. The maximum Gasteiger partial charge on any atom is 0.268 e. The first-order chi connectivity index (χ1) is 17.3. The number of rotatable bonds is 12. The van der Waals surface area contributed by atoms with Gasteiger partial charge in [-0.05, 0) is 94.4 Å². The zero-order valence-corrected chi connectivity index (χ0v) is 22.0. The van der Waals surface area contributed by atoms with Crippen LogP contribution >= 0.6 is 0 Å². The minimum absolute atomic E-state index is 0.142. The van der Waals surface area contributed by atoms with Crippen LogP contribution in [0.5, 0.6) is 5.75 Å². The quantitative estimate of drug-likeness (QED) is 0.410. The fourth-order valence-corrected chi connectivity index (χ4v) is 4.68. The molecule has 36 heavy (non-hydrogen) atoms. The van der Waals surface area contributed by atoms with Crippen LogP contribution in [0.2, 0.25) is 0 Å². The van der Waals surface area contributed by atoms with E-state index in [0.29, 0.717) is 24.6 Å². The molecule has 0 bridgehead atoms. The highest BCUT2D eigenvalue weighted by molar-refractivity contribution is 5.98. The molecule has 4 rings (SSSR count). The van der Waals surface area contributed by atoms with Crippen LogP contribution in [0.4, 0.5) is 0 Å². The number of aromatic amines is 1. The minimum atomic E-state index is -0.565. The topological polar surface area (TPSA) is 86.5 Å². The molecule has 0 radical (unpaired) electrons. The van der Waals surface area contributed by atoms with Crippen molar-refractivity contribution < 1.29 is 14.3 Å². The van der Waals surface area contributed by atoms with Crippen molar-refractivity contribution in [1.29, 1.82) is 0 Å². The highest BCUT2D eigenvalue weighted by atomic mass is 16.5. The lowest BCUT2D eigenvalue weighted by Gasteiger charge is -2.22. The van der Waals surface area contributed by atoms with Gasteiger partial charge in [0.25, 0.3) is 5.91 Å². The Labute approximate surface area is 214 Å². The van der Waals surface area contributed by atoms with Gasteiger partial charge < -0.3 is 25.3 Å². The molecular weight excluding hydrogens is 452 g/mol. The average molecular weight is 493 g/mol. The normalized spacial score (nSPS) is 16.4. The Hall–Kier alpha value is -3.06. The van der Waals surface area contributed by atoms with E-state index in [1.165, 1.54) is 18.4 Å². The molecule has 2 aliphatic carbocycles. The van der Waals surface area contributed by atoms with Gasteiger partial charge in [-0.3, -0.25) is 9.59 Å². The predicted molar refractivity (Wildman–Crippen MR) is 143 cm³/mol. The Bertz CT molecular complexity index is 1080. The highest BCUT2D eigenvalue weighted by Gasteiger charge is 2.29. The molecule has 1 aromatic carbocycles. The van der Waals surface area contributed by atoms with Crippen LogP contribution in [0.15, 0.2) is 30.3 Å². The number of carbonyl (C=O) groups excluding carboxylic acids is 2. The number of allylic oxidation sites excluding steroid dienone is 1. The van der Waals surface area contributed by atoms with Crippen LogP contribution in [-0.2, 0) is 11.2 Å². The standard InChI is InChI=1S/C29H40N4O3/c1-19-24-7-5-6-8-25(24)31-27(19)29(35)32-26(16-11-21-9-10-21)28(34)30-20(2)22-12-14-23(15-13-22)36-18-17-33(3)4/h6,8,12-15,20-21,26,31H,5,7,9-11,16-18H2,1-4H3,(H,30,34)(H,32,35)/t20-,26+/m1/s1.